The van der Waals surface area contributed by atoms with Crippen molar-refractivity contribution in [2.45, 2.75) is 20.0 Å². The molecule has 0 bridgehead atoms. The average molecular weight is 350 g/mol. The predicted octanol–water partition coefficient (Wildman–Crippen LogP) is 3.71. The van der Waals surface area contributed by atoms with Gasteiger partial charge in [0.1, 0.15) is 23.2 Å². The van der Waals surface area contributed by atoms with E-state index in [4.69, 9.17) is 4.98 Å². The summed E-state index contributed by atoms with van der Waals surface area (Å²) >= 11 is 0. The predicted molar refractivity (Wildman–Crippen MR) is 98.6 cm³/mol. The molecule has 5 nitrogen and oxygen atoms in total. The van der Waals surface area contributed by atoms with Crippen LogP contribution in [0.25, 0.3) is 11.3 Å². The Morgan fingerprint density at radius 2 is 1.81 bits per heavy atom. The molecule has 1 aliphatic heterocycles. The second kappa shape index (κ2) is 6.63. The first-order valence-corrected chi connectivity index (χ1v) is 8.52. The Labute approximate surface area is 151 Å². The lowest BCUT2D eigenvalue weighted by Gasteiger charge is -2.25. The Kier molecular flexibility index (Phi) is 4.16. The molecule has 0 atom stereocenters. The van der Waals surface area contributed by atoms with Crippen LogP contribution in [0.4, 0.5) is 15.9 Å². The number of aryl methyl sites for hydroxylation is 1. The number of halogens is 1. The molecule has 132 valence electrons. The maximum absolute atomic E-state index is 13.3. The molecule has 0 saturated heterocycles. The molecular weight excluding hydrogens is 331 g/mol. The highest BCUT2D eigenvalue weighted by Gasteiger charge is 2.23. The standard InChI is InChI=1S/C20H19FN4O/c1-14-2-8-17(9-3-14)22-20-19(15-4-6-16(21)7-5-15)23-18-12-24(13-26)10-11-25(18)20/h2-9,13,22H,10-12H2,1H3. The van der Waals surface area contributed by atoms with Gasteiger partial charge >= 0.3 is 0 Å². The second-order valence-electron chi connectivity index (χ2n) is 6.45. The third-order valence-electron chi connectivity index (χ3n) is 4.58. The van der Waals surface area contributed by atoms with Gasteiger partial charge in [-0.15, -0.1) is 0 Å². The number of nitrogens with zero attached hydrogens (tertiary/aromatic N) is 3. The lowest BCUT2D eigenvalue weighted by atomic mass is 10.1. The van der Waals surface area contributed by atoms with Crippen molar-refractivity contribution in [1.29, 1.82) is 0 Å². The number of amides is 1. The van der Waals surface area contributed by atoms with Gasteiger partial charge in [0.15, 0.2) is 0 Å². The smallest absolute Gasteiger partial charge is 0.210 e. The summed E-state index contributed by atoms with van der Waals surface area (Å²) in [7, 11) is 0. The van der Waals surface area contributed by atoms with Gasteiger partial charge in [0.25, 0.3) is 0 Å². The first kappa shape index (κ1) is 16.3. The molecule has 0 aliphatic carbocycles. The Morgan fingerprint density at radius 3 is 2.50 bits per heavy atom. The zero-order valence-corrected chi connectivity index (χ0v) is 14.4. The summed E-state index contributed by atoms with van der Waals surface area (Å²) < 4.78 is 15.4. The van der Waals surface area contributed by atoms with Crippen molar-refractivity contribution in [2.75, 3.05) is 11.9 Å². The summed E-state index contributed by atoms with van der Waals surface area (Å²) in [6, 6.07) is 14.4. The Hall–Kier alpha value is -3.15. The molecule has 1 aromatic heterocycles. The van der Waals surface area contributed by atoms with Crippen molar-refractivity contribution < 1.29 is 9.18 Å². The molecule has 1 amide bonds. The molecule has 2 heterocycles. The van der Waals surface area contributed by atoms with Crippen molar-refractivity contribution in [3.63, 3.8) is 0 Å². The summed E-state index contributed by atoms with van der Waals surface area (Å²) in [6.07, 6.45) is 0.850. The summed E-state index contributed by atoms with van der Waals surface area (Å²) in [5, 5.41) is 3.45. The van der Waals surface area contributed by atoms with Crippen LogP contribution in [-0.2, 0) is 17.9 Å². The van der Waals surface area contributed by atoms with Crippen LogP contribution in [0.5, 0.6) is 0 Å². The van der Waals surface area contributed by atoms with Crippen LogP contribution in [-0.4, -0.2) is 27.4 Å². The number of imidazole rings is 1. The summed E-state index contributed by atoms with van der Waals surface area (Å²) in [5.41, 5.74) is 3.74. The number of fused-ring (bicyclic) bond motifs is 1. The molecule has 1 N–H and O–H groups in total. The number of anilines is 2. The molecule has 0 spiro atoms. The summed E-state index contributed by atoms with van der Waals surface area (Å²) in [6.45, 7) is 3.81. The number of nitrogens with one attached hydrogen (secondary N) is 1. The number of benzene rings is 2. The van der Waals surface area contributed by atoms with Crippen LogP contribution in [0.15, 0.2) is 48.5 Å². The van der Waals surface area contributed by atoms with Gasteiger partial charge in [-0.05, 0) is 43.3 Å². The van der Waals surface area contributed by atoms with Gasteiger partial charge in [0.2, 0.25) is 6.41 Å². The quantitative estimate of drug-likeness (QED) is 0.730. The van der Waals surface area contributed by atoms with Crippen LogP contribution in [0.1, 0.15) is 11.4 Å². The van der Waals surface area contributed by atoms with Gasteiger partial charge in [-0.1, -0.05) is 17.7 Å². The number of carbonyl (C=O) groups is 1. The van der Waals surface area contributed by atoms with E-state index in [2.05, 4.69) is 9.88 Å². The van der Waals surface area contributed by atoms with Gasteiger partial charge in [-0.3, -0.25) is 4.79 Å². The van der Waals surface area contributed by atoms with Crippen LogP contribution < -0.4 is 5.32 Å². The third kappa shape index (κ3) is 3.06. The molecule has 0 saturated carbocycles. The summed E-state index contributed by atoms with van der Waals surface area (Å²) in [5.74, 6) is 1.40. The molecule has 1 aliphatic rings. The molecule has 3 aromatic rings. The van der Waals surface area contributed by atoms with Crippen LogP contribution in [0.2, 0.25) is 0 Å². The van der Waals surface area contributed by atoms with Crippen LogP contribution >= 0.6 is 0 Å². The number of hydrogen-bond donors (Lipinski definition) is 1. The normalized spacial score (nSPS) is 13.4. The second-order valence-corrected chi connectivity index (χ2v) is 6.45. The van der Waals surface area contributed by atoms with Gasteiger partial charge in [-0.25, -0.2) is 9.37 Å². The SMILES string of the molecule is Cc1ccc(Nc2c(-c3ccc(F)cc3)nc3n2CCN(C=O)C3)cc1. The van der Waals surface area contributed by atoms with Gasteiger partial charge in [0.05, 0.1) is 6.54 Å². The fourth-order valence-electron chi connectivity index (χ4n) is 3.15. The number of hydrogen-bond acceptors (Lipinski definition) is 3. The highest BCUT2D eigenvalue weighted by atomic mass is 19.1. The number of aromatic nitrogens is 2. The molecule has 0 radical (unpaired) electrons. The highest BCUT2D eigenvalue weighted by molar-refractivity contribution is 5.76. The van der Waals surface area contributed by atoms with E-state index in [9.17, 15) is 9.18 Å². The van der Waals surface area contributed by atoms with Crippen molar-refractivity contribution in [2.24, 2.45) is 0 Å². The Balaban J connectivity index is 1.79. The minimum absolute atomic E-state index is 0.280. The van der Waals surface area contributed by atoms with E-state index in [-0.39, 0.29) is 5.82 Å². The molecular formula is C20H19FN4O. The first-order valence-electron chi connectivity index (χ1n) is 8.52. The average Bonchev–Trinajstić information content (AvgIpc) is 3.01. The van der Waals surface area contributed by atoms with Crippen molar-refractivity contribution >= 4 is 17.9 Å². The zero-order chi connectivity index (χ0) is 18.1. The zero-order valence-electron chi connectivity index (χ0n) is 14.4. The minimum Gasteiger partial charge on any atom is -0.340 e. The van der Waals surface area contributed by atoms with E-state index < -0.39 is 0 Å². The monoisotopic (exact) mass is 350 g/mol. The highest BCUT2D eigenvalue weighted by Crippen LogP contribution is 2.33. The molecule has 0 unspecified atom stereocenters. The topological polar surface area (TPSA) is 50.2 Å². The fraction of sp³-hybridized carbons (Fsp3) is 0.200. The van der Waals surface area contributed by atoms with E-state index in [1.807, 2.05) is 31.2 Å². The van der Waals surface area contributed by atoms with E-state index >= 15 is 0 Å². The van der Waals surface area contributed by atoms with Crippen molar-refractivity contribution in [1.82, 2.24) is 14.5 Å². The molecule has 0 fully saturated rings. The van der Waals surface area contributed by atoms with Crippen LogP contribution in [0, 0.1) is 12.7 Å². The number of carbonyl (C=O) groups excluding carboxylic acids is 1. The van der Waals surface area contributed by atoms with Crippen molar-refractivity contribution in [3.8, 4) is 11.3 Å². The number of rotatable bonds is 4. The fourth-order valence-corrected chi connectivity index (χ4v) is 3.15. The van der Waals surface area contributed by atoms with E-state index in [1.165, 1.54) is 17.7 Å². The Morgan fingerprint density at radius 1 is 1.08 bits per heavy atom. The summed E-state index contributed by atoms with van der Waals surface area (Å²) in [4.78, 5) is 17.6. The van der Waals surface area contributed by atoms with E-state index in [1.54, 1.807) is 17.0 Å². The van der Waals surface area contributed by atoms with Gasteiger partial charge in [0, 0.05) is 24.3 Å². The maximum atomic E-state index is 13.3. The van der Waals surface area contributed by atoms with E-state index in [0.717, 1.165) is 35.0 Å². The third-order valence-corrected chi connectivity index (χ3v) is 4.58. The maximum Gasteiger partial charge on any atom is 0.210 e. The van der Waals surface area contributed by atoms with Gasteiger partial charge < -0.3 is 14.8 Å². The molecule has 2 aromatic carbocycles. The van der Waals surface area contributed by atoms with Crippen molar-refractivity contribution in [3.05, 3.63) is 65.7 Å². The first-order chi connectivity index (χ1) is 12.6. The Bertz CT molecular complexity index is 932. The minimum atomic E-state index is -0.280. The largest absolute Gasteiger partial charge is 0.340 e. The van der Waals surface area contributed by atoms with Crippen LogP contribution in [0.3, 0.4) is 0 Å². The molecule has 26 heavy (non-hydrogen) atoms. The lowest BCUT2D eigenvalue weighted by Crippen LogP contribution is -2.32. The molecule has 6 heteroatoms. The van der Waals surface area contributed by atoms with Gasteiger partial charge in [-0.2, -0.15) is 0 Å². The molecule has 4 rings (SSSR count). The lowest BCUT2D eigenvalue weighted by molar-refractivity contribution is -0.119. The van der Waals surface area contributed by atoms with E-state index in [0.29, 0.717) is 19.6 Å².